The van der Waals surface area contributed by atoms with Crippen LogP contribution in [0.25, 0.3) is 11.9 Å². The van der Waals surface area contributed by atoms with Crippen LogP contribution in [-0.4, -0.2) is 59.5 Å². The molecule has 9 heteroatoms. The highest BCUT2D eigenvalue weighted by atomic mass is 35.5. The van der Waals surface area contributed by atoms with E-state index in [1.165, 1.54) is 0 Å². The fourth-order valence-corrected chi connectivity index (χ4v) is 4.25. The fraction of sp³-hybridized carbons (Fsp3) is 0.304. The Morgan fingerprint density at radius 3 is 2.50 bits per heavy atom. The van der Waals surface area contributed by atoms with Crippen molar-refractivity contribution in [2.24, 2.45) is 0 Å². The maximum Gasteiger partial charge on any atom is 0.196 e. The topological polar surface area (TPSA) is 46.4 Å². The first-order valence-electron chi connectivity index (χ1n) is 10.2. The number of halogens is 3. The molecule has 0 unspecified atom stereocenters. The van der Waals surface area contributed by atoms with Crippen LogP contribution in [0.4, 0.5) is 5.69 Å². The van der Waals surface area contributed by atoms with E-state index >= 15 is 0 Å². The van der Waals surface area contributed by atoms with Crippen LogP contribution in [0.1, 0.15) is 11.3 Å². The van der Waals surface area contributed by atoms with Crippen LogP contribution in [-0.2, 0) is 0 Å². The SMILES string of the molecule is COc1cccnc1-n1ncc(C=CCN2CCN(c3cc(Cl)cc(Cl)c3)CC2)c1C.Cl. The van der Waals surface area contributed by atoms with Gasteiger partial charge in [0.15, 0.2) is 11.6 Å². The van der Waals surface area contributed by atoms with Crippen LogP contribution in [0.2, 0.25) is 10.0 Å². The molecule has 1 aromatic carbocycles. The molecule has 1 aliphatic heterocycles. The molecule has 1 aliphatic rings. The van der Waals surface area contributed by atoms with Crippen LogP contribution >= 0.6 is 35.6 Å². The van der Waals surface area contributed by atoms with Gasteiger partial charge in [0.05, 0.1) is 19.0 Å². The van der Waals surface area contributed by atoms with Crippen LogP contribution in [0.5, 0.6) is 5.75 Å². The summed E-state index contributed by atoms with van der Waals surface area (Å²) in [5.74, 6) is 1.39. The van der Waals surface area contributed by atoms with Crippen molar-refractivity contribution >= 4 is 47.4 Å². The summed E-state index contributed by atoms with van der Waals surface area (Å²) in [4.78, 5) is 9.17. The molecule has 3 aromatic rings. The van der Waals surface area contributed by atoms with E-state index in [4.69, 9.17) is 27.9 Å². The van der Waals surface area contributed by atoms with Crippen molar-refractivity contribution in [3.8, 4) is 11.6 Å². The zero-order valence-corrected chi connectivity index (χ0v) is 20.4. The lowest BCUT2D eigenvalue weighted by Crippen LogP contribution is -2.46. The third-order valence-electron chi connectivity index (χ3n) is 5.46. The molecular formula is C23H26Cl3N5O. The molecule has 1 fully saturated rings. The van der Waals surface area contributed by atoms with Gasteiger partial charge < -0.3 is 9.64 Å². The van der Waals surface area contributed by atoms with Gasteiger partial charge in [-0.15, -0.1) is 12.4 Å². The van der Waals surface area contributed by atoms with Gasteiger partial charge in [-0.1, -0.05) is 35.4 Å². The summed E-state index contributed by atoms with van der Waals surface area (Å²) in [6, 6.07) is 9.44. The van der Waals surface area contributed by atoms with Gasteiger partial charge in [-0.25, -0.2) is 9.67 Å². The first-order chi connectivity index (χ1) is 15.0. The zero-order chi connectivity index (χ0) is 21.8. The Balaban J connectivity index is 0.00000289. The van der Waals surface area contributed by atoms with E-state index in [1.807, 2.05) is 42.1 Å². The largest absolute Gasteiger partial charge is 0.493 e. The number of hydrogen-bond acceptors (Lipinski definition) is 5. The van der Waals surface area contributed by atoms with Crippen LogP contribution < -0.4 is 9.64 Å². The number of methoxy groups -OCH3 is 1. The molecule has 0 radical (unpaired) electrons. The summed E-state index contributed by atoms with van der Waals surface area (Å²) < 4.78 is 7.22. The van der Waals surface area contributed by atoms with E-state index in [0.717, 1.165) is 49.7 Å². The van der Waals surface area contributed by atoms with Crippen molar-refractivity contribution in [3.63, 3.8) is 0 Å². The normalized spacial score (nSPS) is 14.6. The lowest BCUT2D eigenvalue weighted by atomic mass is 10.2. The number of rotatable bonds is 6. The van der Waals surface area contributed by atoms with Crippen molar-refractivity contribution in [2.75, 3.05) is 44.7 Å². The Morgan fingerprint density at radius 1 is 1.09 bits per heavy atom. The smallest absolute Gasteiger partial charge is 0.196 e. The average molecular weight is 495 g/mol. The number of ether oxygens (including phenoxy) is 1. The highest BCUT2D eigenvalue weighted by Crippen LogP contribution is 2.26. The Bertz CT molecular complexity index is 1060. The van der Waals surface area contributed by atoms with Crippen molar-refractivity contribution in [1.82, 2.24) is 19.7 Å². The van der Waals surface area contributed by atoms with Crippen LogP contribution in [0, 0.1) is 6.92 Å². The Hall–Kier alpha value is -2.25. The summed E-state index contributed by atoms with van der Waals surface area (Å²) in [5.41, 5.74) is 3.18. The maximum atomic E-state index is 6.15. The minimum Gasteiger partial charge on any atom is -0.493 e. The van der Waals surface area contributed by atoms with Gasteiger partial charge in [-0.05, 0) is 37.3 Å². The Morgan fingerprint density at radius 2 is 1.81 bits per heavy atom. The summed E-state index contributed by atoms with van der Waals surface area (Å²) in [6.45, 7) is 6.79. The molecule has 3 heterocycles. The highest BCUT2D eigenvalue weighted by molar-refractivity contribution is 6.35. The van der Waals surface area contributed by atoms with Gasteiger partial charge in [0, 0.05) is 60.2 Å². The number of anilines is 1. The van der Waals surface area contributed by atoms with Gasteiger partial charge in [0.25, 0.3) is 0 Å². The quantitative estimate of drug-likeness (QED) is 0.474. The van der Waals surface area contributed by atoms with Gasteiger partial charge in [-0.2, -0.15) is 5.10 Å². The molecule has 170 valence electrons. The van der Waals surface area contributed by atoms with Gasteiger partial charge >= 0.3 is 0 Å². The number of benzene rings is 1. The van der Waals surface area contributed by atoms with E-state index in [0.29, 0.717) is 21.6 Å². The molecule has 0 saturated carbocycles. The second-order valence-corrected chi connectivity index (χ2v) is 8.32. The first-order valence-corrected chi connectivity index (χ1v) is 10.9. The summed E-state index contributed by atoms with van der Waals surface area (Å²) >= 11 is 12.3. The molecule has 0 aliphatic carbocycles. The number of nitrogens with zero attached hydrogens (tertiary/aromatic N) is 5. The second kappa shape index (κ2) is 11.1. The summed E-state index contributed by atoms with van der Waals surface area (Å²) in [6.07, 6.45) is 7.92. The molecule has 4 rings (SSSR count). The molecule has 2 aromatic heterocycles. The molecule has 6 nitrogen and oxygen atoms in total. The standard InChI is InChI=1S/C23H25Cl2N5O.ClH/c1-17-18(16-27-30(17)23-22(31-2)6-3-7-26-23)5-4-8-28-9-11-29(12-10-28)21-14-19(24)13-20(25)15-21;/h3-7,13-16H,8-12H2,1-2H3;1H. The van der Waals surface area contributed by atoms with Crippen molar-refractivity contribution < 1.29 is 4.74 Å². The molecule has 0 atom stereocenters. The molecule has 1 saturated heterocycles. The monoisotopic (exact) mass is 493 g/mol. The Kier molecular flexibility index (Phi) is 8.43. The van der Waals surface area contributed by atoms with E-state index in [9.17, 15) is 0 Å². The lowest BCUT2D eigenvalue weighted by Gasteiger charge is -2.35. The van der Waals surface area contributed by atoms with E-state index in [1.54, 1.807) is 19.4 Å². The van der Waals surface area contributed by atoms with E-state index < -0.39 is 0 Å². The van der Waals surface area contributed by atoms with E-state index in [2.05, 4.69) is 32.0 Å². The third kappa shape index (κ3) is 5.56. The lowest BCUT2D eigenvalue weighted by molar-refractivity contribution is 0.284. The van der Waals surface area contributed by atoms with E-state index in [-0.39, 0.29) is 12.4 Å². The molecule has 0 spiro atoms. The predicted molar refractivity (Wildman–Crippen MR) is 134 cm³/mol. The zero-order valence-electron chi connectivity index (χ0n) is 18.0. The van der Waals surface area contributed by atoms with Crippen molar-refractivity contribution in [3.05, 3.63) is 70.1 Å². The number of aromatic nitrogens is 3. The Labute approximate surface area is 204 Å². The molecular weight excluding hydrogens is 469 g/mol. The molecule has 32 heavy (non-hydrogen) atoms. The first kappa shape index (κ1) is 24.4. The molecule has 0 bridgehead atoms. The number of piperazine rings is 1. The fourth-order valence-electron chi connectivity index (χ4n) is 3.74. The van der Waals surface area contributed by atoms with Crippen LogP contribution in [0.15, 0.2) is 48.8 Å². The minimum atomic E-state index is 0. The number of pyridine rings is 1. The van der Waals surface area contributed by atoms with Gasteiger partial charge in [0.1, 0.15) is 0 Å². The van der Waals surface area contributed by atoms with Crippen molar-refractivity contribution in [2.45, 2.75) is 6.92 Å². The predicted octanol–water partition coefficient (Wildman–Crippen LogP) is 5.15. The minimum absolute atomic E-state index is 0. The average Bonchev–Trinajstić information content (AvgIpc) is 3.13. The van der Waals surface area contributed by atoms with Crippen LogP contribution in [0.3, 0.4) is 0 Å². The molecule has 0 N–H and O–H groups in total. The second-order valence-electron chi connectivity index (χ2n) is 7.44. The summed E-state index contributed by atoms with van der Waals surface area (Å²) in [5, 5.41) is 5.85. The number of hydrogen-bond donors (Lipinski definition) is 0. The maximum absolute atomic E-state index is 6.15. The van der Waals surface area contributed by atoms with Crippen molar-refractivity contribution in [1.29, 1.82) is 0 Å². The highest BCUT2D eigenvalue weighted by Gasteiger charge is 2.17. The van der Waals surface area contributed by atoms with Gasteiger partial charge in [0.2, 0.25) is 0 Å². The third-order valence-corrected chi connectivity index (χ3v) is 5.90. The summed E-state index contributed by atoms with van der Waals surface area (Å²) in [7, 11) is 1.64. The molecule has 0 amide bonds. The van der Waals surface area contributed by atoms with Gasteiger partial charge in [-0.3, -0.25) is 4.90 Å².